The molecule has 5 nitrogen and oxygen atoms in total. The number of carbonyl (C=O) groups is 1. The molecule has 0 unspecified atom stereocenters. The molecule has 0 spiro atoms. The van der Waals surface area contributed by atoms with Crippen LogP contribution in [0, 0.1) is 6.92 Å². The molecule has 0 aliphatic heterocycles. The van der Waals surface area contributed by atoms with E-state index < -0.39 is 5.97 Å². The van der Waals surface area contributed by atoms with Gasteiger partial charge in [0, 0.05) is 11.8 Å². The van der Waals surface area contributed by atoms with E-state index in [9.17, 15) is 4.79 Å². The van der Waals surface area contributed by atoms with Crippen molar-refractivity contribution in [3.63, 3.8) is 0 Å². The topological polar surface area (TPSA) is 64.4 Å². The van der Waals surface area contributed by atoms with Gasteiger partial charge in [0.2, 0.25) is 0 Å². The van der Waals surface area contributed by atoms with Crippen LogP contribution in [0.15, 0.2) is 30.5 Å². The minimum Gasteiger partial charge on any atom is -0.491 e. The van der Waals surface area contributed by atoms with Gasteiger partial charge < -0.3 is 14.4 Å². The summed E-state index contributed by atoms with van der Waals surface area (Å²) in [5.41, 5.74) is 1.70. The minimum absolute atomic E-state index is 0.0760. The van der Waals surface area contributed by atoms with Crippen molar-refractivity contribution in [3.8, 4) is 17.0 Å². The molecular weight excluding hydrogens is 256 g/mol. The van der Waals surface area contributed by atoms with Gasteiger partial charge in [0.25, 0.3) is 0 Å². The number of ether oxygens (including phenoxy) is 1. The second-order valence-corrected chi connectivity index (χ2v) is 4.89. The molecule has 106 valence electrons. The Kier molecular flexibility index (Phi) is 4.08. The van der Waals surface area contributed by atoms with E-state index in [2.05, 4.69) is 4.98 Å². The summed E-state index contributed by atoms with van der Waals surface area (Å²) in [5.74, 6) is 0.619. The van der Waals surface area contributed by atoms with Crippen LogP contribution in [0.5, 0.6) is 5.75 Å². The molecular formula is C15H18N2O3. The van der Waals surface area contributed by atoms with Gasteiger partial charge in [-0.1, -0.05) is 0 Å². The Bertz CT molecular complexity index is 600. The van der Waals surface area contributed by atoms with E-state index in [1.807, 2.05) is 38.1 Å². The van der Waals surface area contributed by atoms with Gasteiger partial charge >= 0.3 is 5.97 Å². The molecule has 2 rings (SSSR count). The molecule has 20 heavy (non-hydrogen) atoms. The number of rotatable bonds is 5. The Morgan fingerprint density at radius 1 is 1.35 bits per heavy atom. The van der Waals surface area contributed by atoms with Gasteiger partial charge in [-0.3, -0.25) is 4.79 Å². The molecule has 0 atom stereocenters. The first-order chi connectivity index (χ1) is 9.45. The molecule has 0 bridgehead atoms. The van der Waals surface area contributed by atoms with Gasteiger partial charge in [0.1, 0.15) is 18.1 Å². The number of aliphatic carboxylic acids is 1. The highest BCUT2D eigenvalue weighted by Gasteiger charge is 2.09. The Morgan fingerprint density at radius 2 is 2.00 bits per heavy atom. The van der Waals surface area contributed by atoms with Gasteiger partial charge in [-0.2, -0.15) is 0 Å². The number of imidazole rings is 1. The number of aromatic nitrogens is 2. The lowest BCUT2D eigenvalue weighted by molar-refractivity contribution is -0.137. The highest BCUT2D eigenvalue weighted by molar-refractivity contribution is 5.67. The van der Waals surface area contributed by atoms with Crippen LogP contribution in [0.4, 0.5) is 0 Å². The standard InChI is InChI=1S/C15H18N2O3/c1-10(2)20-13-6-4-12(5-7-13)14-8-17(9-15(18)19)11(3)16-14/h4-8,10H,9H2,1-3H3,(H,18,19). The Hall–Kier alpha value is -2.30. The third kappa shape index (κ3) is 3.38. The average molecular weight is 274 g/mol. The lowest BCUT2D eigenvalue weighted by Gasteiger charge is -2.09. The van der Waals surface area contributed by atoms with Crippen molar-refractivity contribution < 1.29 is 14.6 Å². The maximum absolute atomic E-state index is 10.7. The fourth-order valence-electron chi connectivity index (χ4n) is 1.93. The molecule has 0 amide bonds. The molecule has 0 radical (unpaired) electrons. The lowest BCUT2D eigenvalue weighted by Crippen LogP contribution is -2.08. The van der Waals surface area contributed by atoms with Crippen LogP contribution in [-0.2, 0) is 11.3 Å². The highest BCUT2D eigenvalue weighted by Crippen LogP contribution is 2.22. The van der Waals surface area contributed by atoms with E-state index in [-0.39, 0.29) is 12.6 Å². The van der Waals surface area contributed by atoms with Crippen LogP contribution in [-0.4, -0.2) is 26.7 Å². The number of benzene rings is 1. The number of nitrogens with zero attached hydrogens (tertiary/aromatic N) is 2. The van der Waals surface area contributed by atoms with Crippen molar-refractivity contribution in [2.45, 2.75) is 33.4 Å². The van der Waals surface area contributed by atoms with Crippen LogP contribution in [0.25, 0.3) is 11.3 Å². The fraction of sp³-hybridized carbons (Fsp3) is 0.333. The molecule has 0 saturated heterocycles. The Labute approximate surface area is 117 Å². The van der Waals surface area contributed by atoms with Crippen molar-refractivity contribution in [3.05, 3.63) is 36.3 Å². The first kappa shape index (κ1) is 14.1. The maximum atomic E-state index is 10.7. The molecule has 5 heteroatoms. The summed E-state index contributed by atoms with van der Waals surface area (Å²) >= 11 is 0. The SMILES string of the molecule is Cc1nc(-c2ccc(OC(C)C)cc2)cn1CC(=O)O. The smallest absolute Gasteiger partial charge is 0.323 e. The predicted molar refractivity (Wildman–Crippen MR) is 75.8 cm³/mol. The van der Waals surface area contributed by atoms with E-state index >= 15 is 0 Å². The molecule has 0 fully saturated rings. The van der Waals surface area contributed by atoms with Gasteiger partial charge in [0.05, 0.1) is 11.8 Å². The van der Waals surface area contributed by atoms with Crippen molar-refractivity contribution in [1.29, 1.82) is 0 Å². The minimum atomic E-state index is -0.877. The lowest BCUT2D eigenvalue weighted by atomic mass is 10.1. The van der Waals surface area contributed by atoms with Crippen LogP contribution in [0.2, 0.25) is 0 Å². The molecule has 0 aliphatic carbocycles. The van der Waals surface area contributed by atoms with Crippen LogP contribution in [0.3, 0.4) is 0 Å². The summed E-state index contributed by atoms with van der Waals surface area (Å²) in [6.45, 7) is 5.67. The second-order valence-electron chi connectivity index (χ2n) is 4.89. The van der Waals surface area contributed by atoms with E-state index in [4.69, 9.17) is 9.84 Å². The van der Waals surface area contributed by atoms with Crippen LogP contribution < -0.4 is 4.74 Å². The quantitative estimate of drug-likeness (QED) is 0.910. The van der Waals surface area contributed by atoms with Gasteiger partial charge in [0.15, 0.2) is 0 Å². The van der Waals surface area contributed by atoms with Crippen molar-refractivity contribution >= 4 is 5.97 Å². The summed E-state index contributed by atoms with van der Waals surface area (Å²) in [6, 6.07) is 7.62. The van der Waals surface area contributed by atoms with E-state index in [1.165, 1.54) is 0 Å². The molecule has 1 aromatic heterocycles. The summed E-state index contributed by atoms with van der Waals surface area (Å²) in [6.07, 6.45) is 1.89. The molecule has 0 saturated carbocycles. The zero-order valence-corrected chi connectivity index (χ0v) is 11.8. The largest absolute Gasteiger partial charge is 0.491 e. The molecule has 1 N–H and O–H groups in total. The van der Waals surface area contributed by atoms with Crippen LogP contribution in [0.1, 0.15) is 19.7 Å². The molecule has 1 aromatic carbocycles. The average Bonchev–Trinajstić information content (AvgIpc) is 2.70. The van der Waals surface area contributed by atoms with E-state index in [1.54, 1.807) is 17.7 Å². The Balaban J connectivity index is 2.21. The zero-order valence-electron chi connectivity index (χ0n) is 11.8. The molecule has 2 aromatic rings. The third-order valence-corrected chi connectivity index (χ3v) is 2.80. The number of carboxylic acid groups (broad SMARTS) is 1. The first-order valence-electron chi connectivity index (χ1n) is 6.48. The summed E-state index contributed by atoms with van der Waals surface area (Å²) in [4.78, 5) is 15.1. The zero-order chi connectivity index (χ0) is 14.7. The van der Waals surface area contributed by atoms with Crippen molar-refractivity contribution in [2.75, 3.05) is 0 Å². The van der Waals surface area contributed by atoms with Gasteiger partial charge in [-0.15, -0.1) is 0 Å². The normalized spacial score (nSPS) is 10.8. The number of aryl methyl sites for hydroxylation is 1. The monoisotopic (exact) mass is 274 g/mol. The summed E-state index contributed by atoms with van der Waals surface area (Å²) in [5, 5.41) is 8.83. The summed E-state index contributed by atoms with van der Waals surface area (Å²) < 4.78 is 7.20. The summed E-state index contributed by atoms with van der Waals surface area (Å²) in [7, 11) is 0. The Morgan fingerprint density at radius 3 is 2.55 bits per heavy atom. The number of carboxylic acids is 1. The van der Waals surface area contributed by atoms with Crippen molar-refractivity contribution in [2.24, 2.45) is 0 Å². The fourth-order valence-corrected chi connectivity index (χ4v) is 1.93. The van der Waals surface area contributed by atoms with Gasteiger partial charge in [-0.25, -0.2) is 4.98 Å². The van der Waals surface area contributed by atoms with Crippen molar-refractivity contribution in [1.82, 2.24) is 9.55 Å². The highest BCUT2D eigenvalue weighted by atomic mass is 16.5. The van der Waals surface area contributed by atoms with E-state index in [0.29, 0.717) is 5.82 Å². The number of hydrogen-bond donors (Lipinski definition) is 1. The van der Waals surface area contributed by atoms with Gasteiger partial charge in [-0.05, 0) is 45.0 Å². The molecule has 0 aliphatic rings. The van der Waals surface area contributed by atoms with Crippen LogP contribution >= 0.6 is 0 Å². The second kappa shape index (κ2) is 5.77. The first-order valence-corrected chi connectivity index (χ1v) is 6.48. The maximum Gasteiger partial charge on any atom is 0.323 e. The predicted octanol–water partition coefficient (Wildman–Crippen LogP) is 2.73. The number of hydrogen-bond acceptors (Lipinski definition) is 3. The molecule has 1 heterocycles. The van der Waals surface area contributed by atoms with E-state index in [0.717, 1.165) is 17.0 Å². The third-order valence-electron chi connectivity index (χ3n) is 2.80.